The molecule has 21 heavy (non-hydrogen) atoms. The van der Waals surface area contributed by atoms with E-state index in [0.717, 1.165) is 29.1 Å². The third kappa shape index (κ3) is 2.31. The van der Waals surface area contributed by atoms with Crippen molar-refractivity contribution >= 4 is 5.78 Å². The average molecular weight is 282 g/mol. The van der Waals surface area contributed by atoms with E-state index < -0.39 is 0 Å². The van der Waals surface area contributed by atoms with E-state index >= 15 is 0 Å². The Balaban J connectivity index is 2.19. The number of carbonyl (C=O) groups excluding carboxylic acids is 1. The van der Waals surface area contributed by atoms with Crippen molar-refractivity contribution in [2.75, 3.05) is 0 Å². The van der Waals surface area contributed by atoms with Crippen molar-refractivity contribution in [3.8, 4) is 5.69 Å². The molecular weight excluding hydrogens is 260 g/mol. The van der Waals surface area contributed by atoms with E-state index in [1.54, 1.807) is 0 Å². The van der Waals surface area contributed by atoms with E-state index in [1.165, 1.54) is 11.1 Å². The zero-order chi connectivity index (χ0) is 15.4. The third-order valence-electron chi connectivity index (χ3n) is 4.46. The number of aromatic nitrogens is 2. The number of hydrogen-bond acceptors (Lipinski definition) is 2. The van der Waals surface area contributed by atoms with Crippen LogP contribution in [-0.4, -0.2) is 15.6 Å². The lowest BCUT2D eigenvalue weighted by Crippen LogP contribution is -2.28. The van der Waals surface area contributed by atoms with Crippen molar-refractivity contribution < 1.29 is 4.79 Å². The predicted octanol–water partition coefficient (Wildman–Crippen LogP) is 3.95. The molecule has 0 bridgehead atoms. The SMILES string of the molecule is Cc1ccc(-n2nc(C)c3c2CC(C)(C)CC3=O)cc1C. The Labute approximate surface area is 126 Å². The predicted molar refractivity (Wildman–Crippen MR) is 84.2 cm³/mol. The van der Waals surface area contributed by atoms with Crippen LogP contribution in [0.1, 0.15) is 53.1 Å². The number of nitrogens with zero attached hydrogens (tertiary/aromatic N) is 2. The van der Waals surface area contributed by atoms with Crippen molar-refractivity contribution in [3.63, 3.8) is 0 Å². The largest absolute Gasteiger partial charge is 0.294 e. The second kappa shape index (κ2) is 4.55. The minimum atomic E-state index is 0.00798. The van der Waals surface area contributed by atoms with Crippen molar-refractivity contribution in [2.45, 2.75) is 47.5 Å². The first-order valence-electron chi connectivity index (χ1n) is 7.48. The van der Waals surface area contributed by atoms with E-state index in [1.807, 2.05) is 11.6 Å². The molecule has 3 rings (SSSR count). The van der Waals surface area contributed by atoms with Gasteiger partial charge in [0, 0.05) is 6.42 Å². The number of rotatable bonds is 1. The van der Waals surface area contributed by atoms with Gasteiger partial charge in [0.15, 0.2) is 5.78 Å². The Morgan fingerprint density at radius 3 is 2.48 bits per heavy atom. The van der Waals surface area contributed by atoms with Crippen LogP contribution in [0.4, 0.5) is 0 Å². The highest BCUT2D eigenvalue weighted by atomic mass is 16.1. The first-order valence-corrected chi connectivity index (χ1v) is 7.48. The Bertz CT molecular complexity index is 738. The molecule has 0 radical (unpaired) electrons. The molecule has 0 aliphatic heterocycles. The topological polar surface area (TPSA) is 34.9 Å². The summed E-state index contributed by atoms with van der Waals surface area (Å²) in [6.07, 6.45) is 1.50. The summed E-state index contributed by atoms with van der Waals surface area (Å²) < 4.78 is 1.97. The smallest absolute Gasteiger partial charge is 0.167 e. The summed E-state index contributed by atoms with van der Waals surface area (Å²) in [5.74, 6) is 0.230. The monoisotopic (exact) mass is 282 g/mol. The normalized spacial score (nSPS) is 16.9. The lowest BCUT2D eigenvalue weighted by Gasteiger charge is -2.29. The van der Waals surface area contributed by atoms with Crippen LogP contribution in [0.25, 0.3) is 5.69 Å². The number of Topliss-reactive ketones (excluding diaryl/α,β-unsaturated/α-hetero) is 1. The van der Waals surface area contributed by atoms with Crippen LogP contribution < -0.4 is 0 Å². The number of fused-ring (bicyclic) bond motifs is 1. The second-order valence-electron chi connectivity index (χ2n) is 7.03. The van der Waals surface area contributed by atoms with Gasteiger partial charge in [0.05, 0.1) is 22.6 Å². The molecule has 1 aromatic heterocycles. The lowest BCUT2D eigenvalue weighted by molar-refractivity contribution is 0.0910. The van der Waals surface area contributed by atoms with E-state index in [9.17, 15) is 4.79 Å². The number of hydrogen-bond donors (Lipinski definition) is 0. The van der Waals surface area contributed by atoms with Crippen molar-refractivity contribution in [1.82, 2.24) is 9.78 Å². The van der Waals surface area contributed by atoms with Crippen molar-refractivity contribution in [3.05, 3.63) is 46.3 Å². The minimum absolute atomic E-state index is 0.00798. The van der Waals surface area contributed by atoms with Crippen LogP contribution >= 0.6 is 0 Å². The van der Waals surface area contributed by atoms with Gasteiger partial charge in [-0.3, -0.25) is 4.79 Å². The van der Waals surface area contributed by atoms with Crippen LogP contribution in [0.5, 0.6) is 0 Å². The fourth-order valence-corrected chi connectivity index (χ4v) is 3.21. The first kappa shape index (κ1) is 14.1. The quantitative estimate of drug-likeness (QED) is 0.793. The van der Waals surface area contributed by atoms with Crippen LogP contribution in [0.2, 0.25) is 0 Å². The van der Waals surface area contributed by atoms with Crippen molar-refractivity contribution in [1.29, 1.82) is 0 Å². The van der Waals surface area contributed by atoms with Crippen LogP contribution in [0.15, 0.2) is 18.2 Å². The number of carbonyl (C=O) groups is 1. The minimum Gasteiger partial charge on any atom is -0.294 e. The van der Waals surface area contributed by atoms with Gasteiger partial charge in [-0.15, -0.1) is 0 Å². The summed E-state index contributed by atoms with van der Waals surface area (Å²) >= 11 is 0. The van der Waals surface area contributed by atoms with E-state index in [2.05, 4.69) is 51.0 Å². The van der Waals surface area contributed by atoms with Gasteiger partial charge >= 0.3 is 0 Å². The molecule has 0 saturated heterocycles. The zero-order valence-corrected chi connectivity index (χ0v) is 13.4. The van der Waals surface area contributed by atoms with E-state index in [4.69, 9.17) is 0 Å². The number of ketones is 1. The second-order valence-corrected chi connectivity index (χ2v) is 7.03. The van der Waals surface area contributed by atoms with Gasteiger partial charge in [0.25, 0.3) is 0 Å². The fraction of sp³-hybridized carbons (Fsp3) is 0.444. The van der Waals surface area contributed by atoms with Crippen LogP contribution in [0, 0.1) is 26.2 Å². The van der Waals surface area contributed by atoms with Gasteiger partial charge in [-0.1, -0.05) is 19.9 Å². The first-order chi connectivity index (χ1) is 9.78. The fourth-order valence-electron chi connectivity index (χ4n) is 3.21. The Morgan fingerprint density at radius 1 is 1.10 bits per heavy atom. The van der Waals surface area contributed by atoms with Gasteiger partial charge in [0.1, 0.15) is 0 Å². The average Bonchev–Trinajstić information content (AvgIpc) is 2.68. The highest BCUT2D eigenvalue weighted by molar-refractivity contribution is 5.99. The molecule has 0 amide bonds. The molecule has 0 N–H and O–H groups in total. The molecular formula is C18H22N2O. The molecule has 0 fully saturated rings. The molecule has 1 aromatic carbocycles. The molecule has 0 saturated carbocycles. The number of aryl methyl sites for hydroxylation is 3. The molecule has 0 unspecified atom stereocenters. The van der Waals surface area contributed by atoms with E-state index in [0.29, 0.717) is 6.42 Å². The summed E-state index contributed by atoms with van der Waals surface area (Å²) in [4.78, 5) is 12.4. The maximum absolute atomic E-state index is 12.4. The van der Waals surface area contributed by atoms with Gasteiger partial charge in [-0.2, -0.15) is 5.10 Å². The molecule has 0 atom stereocenters. The summed E-state index contributed by atoms with van der Waals surface area (Å²) in [5.41, 5.74) is 6.33. The molecule has 1 aliphatic carbocycles. The molecule has 1 heterocycles. The molecule has 0 spiro atoms. The molecule has 3 heteroatoms. The molecule has 3 nitrogen and oxygen atoms in total. The Hall–Kier alpha value is -1.90. The van der Waals surface area contributed by atoms with E-state index in [-0.39, 0.29) is 11.2 Å². The maximum atomic E-state index is 12.4. The molecule has 1 aliphatic rings. The van der Waals surface area contributed by atoms with Gasteiger partial charge in [-0.25, -0.2) is 4.68 Å². The lowest BCUT2D eigenvalue weighted by atomic mass is 9.75. The van der Waals surface area contributed by atoms with Gasteiger partial charge < -0.3 is 0 Å². The summed E-state index contributed by atoms with van der Waals surface area (Å²) in [7, 11) is 0. The molecule has 110 valence electrons. The standard InChI is InChI=1S/C18H22N2O/c1-11-6-7-14(8-12(11)2)20-15-9-18(4,5)10-16(21)17(15)13(3)19-20/h6-8H,9-10H2,1-5H3. The Kier molecular flexibility index (Phi) is 3.05. The highest BCUT2D eigenvalue weighted by Crippen LogP contribution is 2.37. The Morgan fingerprint density at radius 2 is 1.81 bits per heavy atom. The van der Waals surface area contributed by atoms with Crippen LogP contribution in [0.3, 0.4) is 0 Å². The van der Waals surface area contributed by atoms with Crippen LogP contribution in [-0.2, 0) is 6.42 Å². The molecule has 2 aromatic rings. The zero-order valence-electron chi connectivity index (χ0n) is 13.4. The summed E-state index contributed by atoms with van der Waals surface area (Å²) in [5, 5.41) is 4.65. The summed E-state index contributed by atoms with van der Waals surface area (Å²) in [6.45, 7) is 10.5. The van der Waals surface area contributed by atoms with Gasteiger partial charge in [0.2, 0.25) is 0 Å². The van der Waals surface area contributed by atoms with Crippen molar-refractivity contribution in [2.24, 2.45) is 5.41 Å². The number of benzene rings is 1. The maximum Gasteiger partial charge on any atom is 0.167 e. The third-order valence-corrected chi connectivity index (χ3v) is 4.46. The highest BCUT2D eigenvalue weighted by Gasteiger charge is 2.35. The van der Waals surface area contributed by atoms with Gasteiger partial charge in [-0.05, 0) is 55.9 Å². The summed E-state index contributed by atoms with van der Waals surface area (Å²) in [6, 6.07) is 6.35.